The van der Waals surface area contributed by atoms with E-state index in [1.54, 1.807) is 7.11 Å². The number of hydrogen-bond donors (Lipinski definition) is 1. The largest absolute Gasteiger partial charge is 0.496 e. The van der Waals surface area contributed by atoms with E-state index >= 15 is 0 Å². The van der Waals surface area contributed by atoms with Crippen LogP contribution in [-0.2, 0) is 0 Å². The van der Waals surface area contributed by atoms with Crippen molar-refractivity contribution >= 4 is 22.3 Å². The third kappa shape index (κ3) is 3.11. The van der Waals surface area contributed by atoms with Gasteiger partial charge in [-0.25, -0.2) is 0 Å². The van der Waals surface area contributed by atoms with Gasteiger partial charge in [0, 0.05) is 28.0 Å². The first-order valence-corrected chi connectivity index (χ1v) is 8.61. The van der Waals surface area contributed by atoms with Gasteiger partial charge < -0.3 is 10.1 Å². The molecule has 26 heavy (non-hydrogen) atoms. The molecule has 4 aromatic rings. The molecule has 0 atom stereocenters. The summed E-state index contributed by atoms with van der Waals surface area (Å²) in [7, 11) is 1.70. The first kappa shape index (κ1) is 16.2. The number of methoxy groups -OCH3 is 1. The van der Waals surface area contributed by atoms with Crippen LogP contribution >= 0.6 is 0 Å². The summed E-state index contributed by atoms with van der Waals surface area (Å²) >= 11 is 0. The number of rotatable bonds is 4. The van der Waals surface area contributed by atoms with Crippen LogP contribution in [0.5, 0.6) is 5.75 Å². The average Bonchev–Trinajstić information content (AvgIpc) is 2.68. The Labute approximate surface area is 153 Å². The van der Waals surface area contributed by atoms with Gasteiger partial charge in [-0.2, -0.15) is 0 Å². The molecule has 0 saturated heterocycles. The molecule has 0 amide bonds. The van der Waals surface area contributed by atoms with Gasteiger partial charge in [0.15, 0.2) is 0 Å². The summed E-state index contributed by atoms with van der Waals surface area (Å²) in [5.41, 5.74) is 6.27. The highest BCUT2D eigenvalue weighted by Gasteiger charge is 2.07. The van der Waals surface area contributed by atoms with Crippen LogP contribution in [-0.4, -0.2) is 12.1 Å². The predicted octanol–water partition coefficient (Wildman–Crippen LogP) is 5.96. The molecule has 0 unspecified atom stereocenters. The average molecular weight is 340 g/mol. The summed E-state index contributed by atoms with van der Waals surface area (Å²) in [6.07, 6.45) is 0. The number of nitrogens with one attached hydrogen (secondary N) is 1. The fraction of sp³-hybridized carbons (Fsp3) is 0.0870. The van der Waals surface area contributed by atoms with E-state index < -0.39 is 0 Å². The fourth-order valence-corrected chi connectivity index (χ4v) is 3.21. The van der Waals surface area contributed by atoms with Gasteiger partial charge in [-0.15, -0.1) is 0 Å². The number of para-hydroxylation sites is 2. The molecule has 0 radical (unpaired) electrons. The van der Waals surface area contributed by atoms with Gasteiger partial charge in [-0.1, -0.05) is 48.5 Å². The van der Waals surface area contributed by atoms with E-state index in [1.807, 2.05) is 43.3 Å². The summed E-state index contributed by atoms with van der Waals surface area (Å²) in [5, 5.41) is 4.67. The zero-order valence-corrected chi connectivity index (χ0v) is 14.9. The molecule has 0 aliphatic rings. The van der Waals surface area contributed by atoms with Crippen molar-refractivity contribution in [3.8, 4) is 16.9 Å². The van der Waals surface area contributed by atoms with Crippen molar-refractivity contribution in [2.75, 3.05) is 12.4 Å². The molecule has 3 nitrogen and oxygen atoms in total. The van der Waals surface area contributed by atoms with Crippen molar-refractivity contribution in [3.63, 3.8) is 0 Å². The summed E-state index contributed by atoms with van der Waals surface area (Å²) < 4.78 is 5.50. The van der Waals surface area contributed by atoms with Crippen molar-refractivity contribution in [1.82, 2.24) is 4.98 Å². The van der Waals surface area contributed by atoms with Crippen LogP contribution in [0.25, 0.3) is 22.0 Å². The number of anilines is 2. The first-order valence-electron chi connectivity index (χ1n) is 8.61. The second-order valence-electron chi connectivity index (χ2n) is 6.23. The normalized spacial score (nSPS) is 10.7. The number of fused-ring (bicyclic) bond motifs is 1. The van der Waals surface area contributed by atoms with E-state index in [9.17, 15) is 0 Å². The van der Waals surface area contributed by atoms with Crippen molar-refractivity contribution in [3.05, 3.63) is 84.6 Å². The summed E-state index contributed by atoms with van der Waals surface area (Å²) in [4.78, 5) is 4.61. The molecule has 0 spiro atoms. The minimum absolute atomic E-state index is 0.870. The van der Waals surface area contributed by atoms with Gasteiger partial charge in [0.25, 0.3) is 0 Å². The van der Waals surface area contributed by atoms with Gasteiger partial charge >= 0.3 is 0 Å². The van der Waals surface area contributed by atoms with E-state index in [4.69, 9.17) is 4.74 Å². The summed E-state index contributed by atoms with van der Waals surface area (Å²) in [6, 6.07) is 26.7. The summed E-state index contributed by atoms with van der Waals surface area (Å²) in [5.74, 6) is 0.870. The van der Waals surface area contributed by atoms with Crippen molar-refractivity contribution < 1.29 is 4.74 Å². The molecule has 3 heteroatoms. The lowest BCUT2D eigenvalue weighted by atomic mass is 10.0. The molecule has 0 aliphatic carbocycles. The third-order valence-corrected chi connectivity index (χ3v) is 4.40. The van der Waals surface area contributed by atoms with Crippen LogP contribution in [0, 0.1) is 6.92 Å². The molecule has 1 heterocycles. The zero-order valence-electron chi connectivity index (χ0n) is 14.9. The van der Waals surface area contributed by atoms with Crippen LogP contribution in [0.15, 0.2) is 78.9 Å². The number of benzene rings is 3. The first-order chi connectivity index (χ1) is 12.7. The molecule has 1 aromatic heterocycles. The second-order valence-corrected chi connectivity index (χ2v) is 6.23. The number of nitrogens with zero attached hydrogens (tertiary/aromatic N) is 1. The Kier molecular flexibility index (Phi) is 4.28. The topological polar surface area (TPSA) is 34.1 Å². The molecule has 3 aromatic carbocycles. The Morgan fingerprint density at radius 3 is 2.54 bits per heavy atom. The number of aromatic nitrogens is 1. The molecular formula is C23H20N2O. The fourth-order valence-electron chi connectivity index (χ4n) is 3.21. The van der Waals surface area contributed by atoms with Crippen LogP contribution in [0.3, 0.4) is 0 Å². The van der Waals surface area contributed by atoms with Gasteiger partial charge in [-0.3, -0.25) is 4.98 Å². The molecule has 0 bridgehead atoms. The minimum atomic E-state index is 0.870. The summed E-state index contributed by atoms with van der Waals surface area (Å²) in [6.45, 7) is 2.02. The van der Waals surface area contributed by atoms with E-state index in [2.05, 4.69) is 52.8 Å². The number of ether oxygens (including phenoxy) is 1. The van der Waals surface area contributed by atoms with Crippen molar-refractivity contribution in [1.29, 1.82) is 0 Å². The van der Waals surface area contributed by atoms with Gasteiger partial charge in [-0.05, 0) is 42.8 Å². The Morgan fingerprint density at radius 1 is 0.846 bits per heavy atom. The number of pyridine rings is 1. The molecular weight excluding hydrogens is 320 g/mol. The molecule has 4 rings (SSSR count). The Bertz CT molecular complexity index is 1070. The smallest absolute Gasteiger partial charge is 0.126 e. The van der Waals surface area contributed by atoms with E-state index in [-0.39, 0.29) is 0 Å². The highest BCUT2D eigenvalue weighted by atomic mass is 16.5. The van der Waals surface area contributed by atoms with Crippen molar-refractivity contribution in [2.24, 2.45) is 0 Å². The maximum absolute atomic E-state index is 5.50. The lowest BCUT2D eigenvalue weighted by Gasteiger charge is -2.13. The Hall–Kier alpha value is -3.33. The number of hydrogen-bond acceptors (Lipinski definition) is 3. The van der Waals surface area contributed by atoms with Crippen LogP contribution in [0.4, 0.5) is 11.4 Å². The third-order valence-electron chi connectivity index (χ3n) is 4.40. The Morgan fingerprint density at radius 2 is 1.65 bits per heavy atom. The monoisotopic (exact) mass is 340 g/mol. The lowest BCUT2D eigenvalue weighted by Crippen LogP contribution is -1.95. The van der Waals surface area contributed by atoms with Crippen molar-refractivity contribution in [2.45, 2.75) is 6.92 Å². The van der Waals surface area contributed by atoms with E-state index in [0.29, 0.717) is 0 Å². The molecule has 128 valence electrons. The molecule has 0 aliphatic heterocycles. The van der Waals surface area contributed by atoms with Gasteiger partial charge in [0.05, 0.1) is 12.6 Å². The van der Waals surface area contributed by atoms with E-state index in [1.165, 1.54) is 0 Å². The number of aryl methyl sites for hydroxylation is 1. The molecule has 1 N–H and O–H groups in total. The lowest BCUT2D eigenvalue weighted by molar-refractivity contribution is 0.416. The van der Waals surface area contributed by atoms with Gasteiger partial charge in [0.2, 0.25) is 0 Å². The minimum Gasteiger partial charge on any atom is -0.496 e. The van der Waals surface area contributed by atoms with Crippen LogP contribution in [0.2, 0.25) is 0 Å². The van der Waals surface area contributed by atoms with E-state index in [0.717, 1.165) is 44.8 Å². The van der Waals surface area contributed by atoms with Gasteiger partial charge in [0.1, 0.15) is 5.75 Å². The molecule has 0 saturated carbocycles. The SMILES string of the molecule is COc1ccccc1-c1cccc(Nc2cc(C)nc3ccccc23)c1. The molecule has 0 fully saturated rings. The maximum Gasteiger partial charge on any atom is 0.126 e. The maximum atomic E-state index is 5.50. The van der Waals surface area contributed by atoms with Crippen LogP contribution in [0.1, 0.15) is 5.69 Å². The predicted molar refractivity (Wildman–Crippen MR) is 108 cm³/mol. The zero-order chi connectivity index (χ0) is 17.9. The Balaban J connectivity index is 1.75. The highest BCUT2D eigenvalue weighted by Crippen LogP contribution is 2.32. The standard InChI is InChI=1S/C23H20N2O/c1-16-14-22(20-11-3-5-12-21(20)24-16)25-18-9-7-8-17(15-18)19-10-4-6-13-23(19)26-2/h3-15H,1-2H3,(H,24,25). The highest BCUT2D eigenvalue weighted by molar-refractivity contribution is 5.93. The second kappa shape index (κ2) is 6.89. The van der Waals surface area contributed by atoms with Crippen LogP contribution < -0.4 is 10.1 Å². The quantitative estimate of drug-likeness (QED) is 0.497.